The minimum atomic E-state index is 1.11. The molecule has 2 aromatic carbocycles. The molecule has 0 radical (unpaired) electrons. The number of rotatable bonds is 0. The average Bonchev–Trinajstić information content (AvgIpc) is 2.48. The summed E-state index contributed by atoms with van der Waals surface area (Å²) in [7, 11) is 0. The number of benzene rings is 2. The van der Waals surface area contributed by atoms with Crippen LogP contribution in [0.15, 0.2) is 48.5 Å². The van der Waals surface area contributed by atoms with Crippen LogP contribution in [0.25, 0.3) is 0 Å². The second-order valence-corrected chi connectivity index (χ2v) is 7.02. The van der Waals surface area contributed by atoms with Crippen LogP contribution in [0.1, 0.15) is 22.3 Å². The van der Waals surface area contributed by atoms with Crippen LogP contribution in [0.2, 0.25) is 0 Å². The summed E-state index contributed by atoms with van der Waals surface area (Å²) in [6, 6.07) is 18.3. The molecule has 0 nitrogen and oxygen atoms in total. The highest BCUT2D eigenvalue weighted by atomic mass is 32.2. The summed E-state index contributed by atoms with van der Waals surface area (Å²) in [5.41, 5.74) is 5.78. The van der Waals surface area contributed by atoms with Gasteiger partial charge in [0.05, 0.1) is 0 Å². The Bertz CT molecular complexity index is 464. The first-order valence-corrected chi connectivity index (χ1v) is 9.02. The lowest BCUT2D eigenvalue weighted by Crippen LogP contribution is -1.90. The molecule has 19 heavy (non-hydrogen) atoms. The van der Waals surface area contributed by atoms with Crippen molar-refractivity contribution < 1.29 is 0 Å². The van der Waals surface area contributed by atoms with E-state index in [-0.39, 0.29) is 0 Å². The Balaban J connectivity index is 1.77. The van der Waals surface area contributed by atoms with Crippen molar-refractivity contribution in [1.82, 2.24) is 0 Å². The highest BCUT2D eigenvalue weighted by Crippen LogP contribution is 2.21. The molecule has 0 aromatic heterocycles. The summed E-state index contributed by atoms with van der Waals surface area (Å²) in [4.78, 5) is 0. The summed E-state index contributed by atoms with van der Waals surface area (Å²) in [5.74, 6) is 4.55. The molecular weight excluding hydrogens is 268 g/mol. The molecule has 98 valence electrons. The smallest absolute Gasteiger partial charge is 0.0187 e. The van der Waals surface area contributed by atoms with Crippen LogP contribution in [-0.4, -0.2) is 5.75 Å². The molecule has 0 unspecified atom stereocenters. The fourth-order valence-corrected chi connectivity index (χ4v) is 4.11. The van der Waals surface area contributed by atoms with E-state index in [0.29, 0.717) is 0 Å². The Morgan fingerprint density at radius 2 is 0.947 bits per heavy atom. The summed E-state index contributed by atoms with van der Waals surface area (Å²) in [6.45, 7) is 0. The Labute approximate surface area is 124 Å². The predicted molar refractivity (Wildman–Crippen MR) is 87.7 cm³/mol. The molecule has 0 saturated carbocycles. The maximum Gasteiger partial charge on any atom is 0.0187 e. The van der Waals surface area contributed by atoms with Gasteiger partial charge in [-0.2, -0.15) is 23.5 Å². The highest BCUT2D eigenvalue weighted by molar-refractivity contribution is 7.98. The topological polar surface area (TPSA) is 0 Å². The minimum Gasteiger partial charge on any atom is -0.157 e. The van der Waals surface area contributed by atoms with Crippen molar-refractivity contribution in [2.24, 2.45) is 0 Å². The van der Waals surface area contributed by atoms with Crippen molar-refractivity contribution in [1.29, 1.82) is 0 Å². The highest BCUT2D eigenvalue weighted by Gasteiger charge is 2.01. The van der Waals surface area contributed by atoms with Crippen molar-refractivity contribution in [3.63, 3.8) is 0 Å². The zero-order valence-corrected chi connectivity index (χ0v) is 12.6. The van der Waals surface area contributed by atoms with Gasteiger partial charge in [0.2, 0.25) is 0 Å². The largest absolute Gasteiger partial charge is 0.157 e. The second kappa shape index (κ2) is 6.53. The van der Waals surface area contributed by atoms with E-state index in [9.17, 15) is 0 Å². The summed E-state index contributed by atoms with van der Waals surface area (Å²) in [5, 5.41) is 0. The number of aryl methyl sites for hydroxylation is 1. The molecule has 0 N–H and O–H groups in total. The van der Waals surface area contributed by atoms with E-state index in [1.807, 2.05) is 23.5 Å². The molecule has 0 saturated heterocycles. The molecule has 4 bridgehead atoms. The van der Waals surface area contributed by atoms with Gasteiger partial charge in [0.25, 0.3) is 0 Å². The Morgan fingerprint density at radius 1 is 0.526 bits per heavy atom. The van der Waals surface area contributed by atoms with E-state index in [1.165, 1.54) is 34.4 Å². The Hall–Kier alpha value is -0.860. The van der Waals surface area contributed by atoms with Gasteiger partial charge >= 0.3 is 0 Å². The van der Waals surface area contributed by atoms with E-state index < -0.39 is 0 Å². The molecule has 2 heteroatoms. The van der Waals surface area contributed by atoms with E-state index in [4.69, 9.17) is 0 Å². The van der Waals surface area contributed by atoms with Gasteiger partial charge in [-0.25, -0.2) is 0 Å². The third-order valence-electron chi connectivity index (χ3n) is 3.39. The first-order valence-electron chi connectivity index (χ1n) is 6.71. The van der Waals surface area contributed by atoms with Crippen molar-refractivity contribution >= 4 is 23.5 Å². The number of hydrogen-bond acceptors (Lipinski definition) is 2. The third kappa shape index (κ3) is 3.80. The normalized spacial score (nSPS) is 16.0. The monoisotopic (exact) mass is 286 g/mol. The number of thioether (sulfide) groups is 2. The van der Waals surface area contributed by atoms with Crippen molar-refractivity contribution in [3.05, 3.63) is 70.8 Å². The molecular formula is C17H18S2. The standard InChI is InChI=1S/C17H18S2/c1-3-16-4-2-14(1)9-10-18-11-15-5-7-17(8-6-15)13-19-12-16/h1-8H,9-13H2. The van der Waals surface area contributed by atoms with E-state index >= 15 is 0 Å². The Kier molecular flexibility index (Phi) is 4.52. The van der Waals surface area contributed by atoms with Crippen LogP contribution >= 0.6 is 23.5 Å². The molecule has 2 aromatic rings. The van der Waals surface area contributed by atoms with Gasteiger partial charge in [0, 0.05) is 17.3 Å². The lowest BCUT2D eigenvalue weighted by molar-refractivity contribution is 1.15. The van der Waals surface area contributed by atoms with Crippen LogP contribution in [0.5, 0.6) is 0 Å². The minimum absolute atomic E-state index is 1.11. The zero-order chi connectivity index (χ0) is 12.9. The van der Waals surface area contributed by atoms with Crippen LogP contribution in [0.3, 0.4) is 0 Å². The fourth-order valence-electron chi connectivity index (χ4n) is 2.20. The van der Waals surface area contributed by atoms with E-state index in [0.717, 1.165) is 17.3 Å². The van der Waals surface area contributed by atoms with Gasteiger partial charge in [-0.1, -0.05) is 48.5 Å². The van der Waals surface area contributed by atoms with Crippen LogP contribution in [0.4, 0.5) is 0 Å². The molecule has 0 aliphatic carbocycles. The molecule has 0 atom stereocenters. The lowest BCUT2D eigenvalue weighted by atomic mass is 10.1. The maximum absolute atomic E-state index is 2.29. The lowest BCUT2D eigenvalue weighted by Gasteiger charge is -2.04. The third-order valence-corrected chi connectivity index (χ3v) is 5.49. The van der Waals surface area contributed by atoms with Gasteiger partial charge in [-0.05, 0) is 34.4 Å². The molecule has 4 aliphatic heterocycles. The molecule has 0 fully saturated rings. The number of hydrogen-bond donors (Lipinski definition) is 0. The summed E-state index contributed by atoms with van der Waals surface area (Å²) in [6.07, 6.45) is 1.18. The van der Waals surface area contributed by atoms with Crippen molar-refractivity contribution in [3.8, 4) is 0 Å². The SMILES string of the molecule is c1cc2ccc1CCSCc1ccc(cc1)CSC2. The first kappa shape index (κ1) is 13.1. The van der Waals surface area contributed by atoms with Gasteiger partial charge < -0.3 is 0 Å². The molecule has 0 spiro atoms. The Morgan fingerprint density at radius 3 is 1.47 bits per heavy atom. The molecule has 4 aliphatic rings. The molecule has 4 heterocycles. The van der Waals surface area contributed by atoms with Crippen molar-refractivity contribution in [2.45, 2.75) is 23.7 Å². The molecule has 0 amide bonds. The summed E-state index contributed by atoms with van der Waals surface area (Å²) < 4.78 is 0. The van der Waals surface area contributed by atoms with E-state index in [1.54, 1.807) is 0 Å². The van der Waals surface area contributed by atoms with Crippen LogP contribution < -0.4 is 0 Å². The van der Waals surface area contributed by atoms with E-state index in [2.05, 4.69) is 48.5 Å². The maximum atomic E-state index is 2.29. The zero-order valence-electron chi connectivity index (χ0n) is 11.0. The van der Waals surface area contributed by atoms with Gasteiger partial charge in [-0.3, -0.25) is 0 Å². The molecule has 6 rings (SSSR count). The summed E-state index contributed by atoms with van der Waals surface area (Å²) >= 11 is 4.03. The van der Waals surface area contributed by atoms with Gasteiger partial charge in [-0.15, -0.1) is 0 Å². The quantitative estimate of drug-likeness (QED) is 0.675. The first-order chi connectivity index (χ1) is 9.40. The fraction of sp³-hybridized carbons (Fsp3) is 0.294. The van der Waals surface area contributed by atoms with Crippen molar-refractivity contribution in [2.75, 3.05) is 5.75 Å². The average molecular weight is 286 g/mol. The van der Waals surface area contributed by atoms with Gasteiger partial charge in [0.15, 0.2) is 0 Å². The van der Waals surface area contributed by atoms with Crippen LogP contribution in [0, 0.1) is 0 Å². The second-order valence-electron chi connectivity index (χ2n) is 4.93. The predicted octanol–water partition coefficient (Wildman–Crippen LogP) is 4.91. The van der Waals surface area contributed by atoms with Gasteiger partial charge in [0.1, 0.15) is 0 Å². The van der Waals surface area contributed by atoms with Crippen LogP contribution in [-0.2, 0) is 23.7 Å².